The van der Waals surface area contributed by atoms with Crippen LogP contribution in [0.4, 0.5) is 5.69 Å². The number of hydrogen-bond donors (Lipinski definition) is 1. The molecule has 32 heavy (non-hydrogen) atoms. The number of aromatic nitrogens is 3. The minimum absolute atomic E-state index is 0.219. The number of nitrogens with one attached hydrogen (secondary N) is 1. The first-order chi connectivity index (χ1) is 15.7. The van der Waals surface area contributed by atoms with E-state index in [9.17, 15) is 4.79 Å². The van der Waals surface area contributed by atoms with Gasteiger partial charge in [0.15, 0.2) is 11.0 Å². The Hall–Kier alpha value is -2.22. The molecule has 8 heteroatoms. The Kier molecular flexibility index (Phi) is 7.95. The highest BCUT2D eigenvalue weighted by atomic mass is 32.2. The van der Waals surface area contributed by atoms with Crippen molar-refractivity contribution in [2.75, 3.05) is 24.7 Å². The van der Waals surface area contributed by atoms with Gasteiger partial charge in [0.2, 0.25) is 5.91 Å². The second kappa shape index (κ2) is 11.1. The lowest BCUT2D eigenvalue weighted by Crippen LogP contribution is -2.43. The van der Waals surface area contributed by atoms with E-state index in [1.807, 2.05) is 29.2 Å². The van der Waals surface area contributed by atoms with E-state index >= 15 is 0 Å². The number of amides is 1. The zero-order valence-electron chi connectivity index (χ0n) is 19.3. The van der Waals surface area contributed by atoms with E-state index in [-0.39, 0.29) is 5.91 Å². The van der Waals surface area contributed by atoms with Crippen molar-refractivity contribution in [3.8, 4) is 5.75 Å². The SMILES string of the molecule is COc1cccc(NCc2nnc(SCC(=O)N3CCCCC3C)n2C2CCCCC2)c1. The van der Waals surface area contributed by atoms with E-state index in [0.29, 0.717) is 24.4 Å². The van der Waals surface area contributed by atoms with Gasteiger partial charge in [-0.2, -0.15) is 0 Å². The minimum atomic E-state index is 0.219. The number of hydrogen-bond acceptors (Lipinski definition) is 6. The quantitative estimate of drug-likeness (QED) is 0.569. The zero-order chi connectivity index (χ0) is 22.3. The lowest BCUT2D eigenvalue weighted by atomic mass is 9.95. The van der Waals surface area contributed by atoms with Crippen LogP contribution in [0.5, 0.6) is 5.75 Å². The molecular formula is C24H35N5O2S. The molecule has 2 aliphatic rings. The van der Waals surface area contributed by atoms with Gasteiger partial charge in [-0.15, -0.1) is 10.2 Å². The largest absolute Gasteiger partial charge is 0.497 e. The maximum absolute atomic E-state index is 12.9. The third-order valence-electron chi connectivity index (χ3n) is 6.64. The van der Waals surface area contributed by atoms with Crippen LogP contribution >= 0.6 is 11.8 Å². The van der Waals surface area contributed by atoms with E-state index in [4.69, 9.17) is 4.74 Å². The average molecular weight is 458 g/mol. The summed E-state index contributed by atoms with van der Waals surface area (Å²) >= 11 is 1.54. The number of ether oxygens (including phenoxy) is 1. The molecule has 1 unspecified atom stereocenters. The number of rotatable bonds is 8. The molecule has 1 aromatic carbocycles. The van der Waals surface area contributed by atoms with Crippen LogP contribution in [0.2, 0.25) is 0 Å². The molecule has 1 aliphatic carbocycles. The normalized spacial score (nSPS) is 19.7. The summed E-state index contributed by atoms with van der Waals surface area (Å²) in [6.45, 7) is 3.63. The molecule has 1 aliphatic heterocycles. The fourth-order valence-corrected chi connectivity index (χ4v) is 5.73. The van der Waals surface area contributed by atoms with Crippen LogP contribution in [-0.2, 0) is 11.3 Å². The van der Waals surface area contributed by atoms with Crippen molar-refractivity contribution in [3.63, 3.8) is 0 Å². The smallest absolute Gasteiger partial charge is 0.233 e. The minimum Gasteiger partial charge on any atom is -0.497 e. The van der Waals surface area contributed by atoms with Crippen LogP contribution < -0.4 is 10.1 Å². The average Bonchev–Trinajstić information content (AvgIpc) is 3.25. The van der Waals surface area contributed by atoms with Crippen molar-refractivity contribution in [2.45, 2.75) is 82.1 Å². The molecular weight excluding hydrogens is 422 g/mol. The van der Waals surface area contributed by atoms with E-state index < -0.39 is 0 Å². The molecule has 0 bridgehead atoms. The highest BCUT2D eigenvalue weighted by molar-refractivity contribution is 7.99. The maximum Gasteiger partial charge on any atom is 0.233 e. The molecule has 1 saturated heterocycles. The Morgan fingerprint density at radius 3 is 2.75 bits per heavy atom. The predicted octanol–water partition coefficient (Wildman–Crippen LogP) is 4.90. The predicted molar refractivity (Wildman–Crippen MR) is 128 cm³/mol. The fraction of sp³-hybridized carbons (Fsp3) is 0.625. The number of benzene rings is 1. The summed E-state index contributed by atoms with van der Waals surface area (Å²) in [6.07, 6.45) is 9.50. The molecule has 2 heterocycles. The molecule has 1 atom stereocenters. The van der Waals surface area contributed by atoms with Crippen LogP contribution in [0.3, 0.4) is 0 Å². The molecule has 174 valence electrons. The Balaban J connectivity index is 1.46. The second-order valence-corrected chi connectivity index (χ2v) is 9.81. The van der Waals surface area contributed by atoms with Crippen molar-refractivity contribution in [1.29, 1.82) is 0 Å². The first-order valence-corrected chi connectivity index (χ1v) is 12.9. The van der Waals surface area contributed by atoms with Crippen molar-refractivity contribution < 1.29 is 9.53 Å². The van der Waals surface area contributed by atoms with Gasteiger partial charge in [-0.05, 0) is 51.2 Å². The summed E-state index contributed by atoms with van der Waals surface area (Å²) in [5.41, 5.74) is 0.992. The summed E-state index contributed by atoms with van der Waals surface area (Å²) < 4.78 is 7.62. The van der Waals surface area contributed by atoms with E-state index in [0.717, 1.165) is 54.6 Å². The zero-order valence-corrected chi connectivity index (χ0v) is 20.1. The van der Waals surface area contributed by atoms with Crippen LogP contribution in [0.1, 0.15) is 70.2 Å². The second-order valence-electron chi connectivity index (χ2n) is 8.87. The van der Waals surface area contributed by atoms with E-state index in [1.165, 1.54) is 25.7 Å². The number of likely N-dealkylation sites (tertiary alicyclic amines) is 1. The number of anilines is 1. The lowest BCUT2D eigenvalue weighted by molar-refractivity contribution is -0.131. The van der Waals surface area contributed by atoms with Crippen LogP contribution in [0, 0.1) is 0 Å². The van der Waals surface area contributed by atoms with E-state index in [2.05, 4.69) is 27.0 Å². The third-order valence-corrected chi connectivity index (χ3v) is 7.57. The van der Waals surface area contributed by atoms with Gasteiger partial charge in [-0.3, -0.25) is 4.79 Å². The number of nitrogens with zero attached hydrogens (tertiary/aromatic N) is 4. The van der Waals surface area contributed by atoms with Gasteiger partial charge < -0.3 is 19.5 Å². The molecule has 1 aromatic heterocycles. The van der Waals surface area contributed by atoms with Crippen molar-refractivity contribution in [3.05, 3.63) is 30.1 Å². The van der Waals surface area contributed by atoms with Crippen LogP contribution in [-0.4, -0.2) is 51.0 Å². The molecule has 0 spiro atoms. The number of piperidine rings is 1. The Labute approximate surface area is 195 Å². The molecule has 4 rings (SSSR count). The van der Waals surface area contributed by atoms with Crippen molar-refractivity contribution >= 4 is 23.4 Å². The number of carbonyl (C=O) groups excluding carboxylic acids is 1. The Bertz CT molecular complexity index is 896. The summed E-state index contributed by atoms with van der Waals surface area (Å²) in [5.74, 6) is 2.40. The molecule has 1 saturated carbocycles. The van der Waals surface area contributed by atoms with E-state index in [1.54, 1.807) is 18.9 Å². The van der Waals surface area contributed by atoms with Gasteiger partial charge in [0, 0.05) is 30.4 Å². The number of thioether (sulfide) groups is 1. The van der Waals surface area contributed by atoms with Gasteiger partial charge in [-0.1, -0.05) is 37.1 Å². The van der Waals surface area contributed by atoms with Gasteiger partial charge in [0.25, 0.3) is 0 Å². The Morgan fingerprint density at radius 2 is 1.97 bits per heavy atom. The molecule has 2 aromatic rings. The van der Waals surface area contributed by atoms with Crippen LogP contribution in [0.25, 0.3) is 0 Å². The molecule has 1 N–H and O–H groups in total. The topological polar surface area (TPSA) is 72.3 Å². The molecule has 7 nitrogen and oxygen atoms in total. The number of carbonyl (C=O) groups is 1. The van der Waals surface area contributed by atoms with Gasteiger partial charge in [0.1, 0.15) is 5.75 Å². The third kappa shape index (κ3) is 5.57. The highest BCUT2D eigenvalue weighted by Gasteiger charge is 2.26. The van der Waals surface area contributed by atoms with Crippen molar-refractivity contribution in [2.24, 2.45) is 0 Å². The first-order valence-electron chi connectivity index (χ1n) is 11.9. The first kappa shape index (κ1) is 23.0. The monoisotopic (exact) mass is 457 g/mol. The van der Waals surface area contributed by atoms with Gasteiger partial charge in [0.05, 0.1) is 19.4 Å². The lowest BCUT2D eigenvalue weighted by Gasteiger charge is -2.33. The highest BCUT2D eigenvalue weighted by Crippen LogP contribution is 2.33. The Morgan fingerprint density at radius 1 is 1.16 bits per heavy atom. The van der Waals surface area contributed by atoms with Gasteiger partial charge in [-0.25, -0.2) is 0 Å². The van der Waals surface area contributed by atoms with Crippen molar-refractivity contribution in [1.82, 2.24) is 19.7 Å². The molecule has 2 fully saturated rings. The summed E-state index contributed by atoms with van der Waals surface area (Å²) in [4.78, 5) is 14.9. The molecule has 0 radical (unpaired) electrons. The van der Waals surface area contributed by atoms with Crippen LogP contribution in [0.15, 0.2) is 29.4 Å². The summed E-state index contributed by atoms with van der Waals surface area (Å²) in [5, 5.41) is 13.4. The van der Waals surface area contributed by atoms with Gasteiger partial charge >= 0.3 is 0 Å². The maximum atomic E-state index is 12.9. The fourth-order valence-electron chi connectivity index (χ4n) is 4.82. The summed E-state index contributed by atoms with van der Waals surface area (Å²) in [7, 11) is 1.67. The number of methoxy groups -OCH3 is 1. The summed E-state index contributed by atoms with van der Waals surface area (Å²) in [6, 6.07) is 8.67. The standard InChI is InChI=1S/C24H35N5O2S/c1-18-9-6-7-14-28(18)23(30)17-32-24-27-26-22(29(24)20-11-4-3-5-12-20)16-25-19-10-8-13-21(15-19)31-2/h8,10,13,15,18,20,25H,3-7,9,11-12,14,16-17H2,1-2H3. The molecule has 1 amide bonds.